The average Bonchev–Trinajstić information content (AvgIpc) is 2.68. The molecule has 28 heavy (non-hydrogen) atoms. The van der Waals surface area contributed by atoms with Crippen molar-refractivity contribution in [1.29, 1.82) is 0 Å². The standard InChI is InChI=1S/C21H24N6O/c1-14-6-4-8-19(22-14)26-20-9-5-7-17(25-20)18-13-27(10-11-28-18)21-23-15(2)12-16(3)24-21/h4-9,12,18H,10-11,13H2,1-3H3,(H,22,25,26)/t18-/m1/s1. The number of ether oxygens (including phenoxy) is 1. The minimum absolute atomic E-state index is 0.134. The van der Waals surface area contributed by atoms with E-state index in [-0.39, 0.29) is 6.10 Å². The van der Waals surface area contributed by atoms with Crippen LogP contribution in [0.4, 0.5) is 17.6 Å². The van der Waals surface area contributed by atoms with Gasteiger partial charge in [-0.1, -0.05) is 12.1 Å². The van der Waals surface area contributed by atoms with E-state index in [1.54, 1.807) is 0 Å². The van der Waals surface area contributed by atoms with Crippen LogP contribution in [0.1, 0.15) is 28.9 Å². The Bertz CT molecular complexity index is 956. The first kappa shape index (κ1) is 18.3. The minimum Gasteiger partial charge on any atom is -0.368 e. The third kappa shape index (κ3) is 4.26. The summed E-state index contributed by atoms with van der Waals surface area (Å²) in [6, 6.07) is 13.8. The molecule has 7 heteroatoms. The van der Waals surface area contributed by atoms with Crippen LogP contribution in [0.25, 0.3) is 0 Å². The SMILES string of the molecule is Cc1cccc(Nc2cccc([C@H]3CN(c4nc(C)cc(C)n4)CCO3)n2)n1. The molecule has 1 fully saturated rings. The summed E-state index contributed by atoms with van der Waals surface area (Å²) in [6.07, 6.45) is -0.134. The van der Waals surface area contributed by atoms with E-state index >= 15 is 0 Å². The molecule has 4 rings (SSSR count). The summed E-state index contributed by atoms with van der Waals surface area (Å²) < 4.78 is 6.00. The lowest BCUT2D eigenvalue weighted by atomic mass is 10.2. The van der Waals surface area contributed by atoms with E-state index in [4.69, 9.17) is 9.72 Å². The van der Waals surface area contributed by atoms with Gasteiger partial charge in [0, 0.05) is 23.6 Å². The van der Waals surface area contributed by atoms with Crippen molar-refractivity contribution in [3.8, 4) is 0 Å². The Morgan fingerprint density at radius 2 is 1.61 bits per heavy atom. The van der Waals surface area contributed by atoms with E-state index in [0.29, 0.717) is 13.2 Å². The molecule has 1 aliphatic rings. The second-order valence-corrected chi connectivity index (χ2v) is 6.99. The number of morpholine rings is 1. The molecule has 0 unspecified atom stereocenters. The molecule has 3 aromatic heterocycles. The Morgan fingerprint density at radius 1 is 0.893 bits per heavy atom. The van der Waals surface area contributed by atoms with E-state index < -0.39 is 0 Å². The molecule has 144 valence electrons. The van der Waals surface area contributed by atoms with E-state index in [1.165, 1.54) is 0 Å². The number of hydrogen-bond donors (Lipinski definition) is 1. The summed E-state index contributed by atoms with van der Waals surface area (Å²) in [5, 5.41) is 3.27. The zero-order valence-corrected chi connectivity index (χ0v) is 16.4. The van der Waals surface area contributed by atoms with Gasteiger partial charge in [-0.15, -0.1) is 0 Å². The van der Waals surface area contributed by atoms with Crippen LogP contribution in [0.2, 0.25) is 0 Å². The van der Waals surface area contributed by atoms with Gasteiger partial charge in [0.1, 0.15) is 17.7 Å². The molecule has 0 aliphatic carbocycles. The molecular weight excluding hydrogens is 352 g/mol. The number of aromatic nitrogens is 4. The molecule has 0 bridgehead atoms. The summed E-state index contributed by atoms with van der Waals surface area (Å²) in [5.41, 5.74) is 3.79. The molecule has 0 aromatic carbocycles. The van der Waals surface area contributed by atoms with Crippen LogP contribution >= 0.6 is 0 Å². The molecular formula is C21H24N6O. The van der Waals surface area contributed by atoms with Crippen LogP contribution in [-0.2, 0) is 4.74 Å². The van der Waals surface area contributed by atoms with Gasteiger partial charge in [-0.3, -0.25) is 0 Å². The van der Waals surface area contributed by atoms with Gasteiger partial charge < -0.3 is 15.0 Å². The molecule has 7 nitrogen and oxygen atoms in total. The Balaban J connectivity index is 1.52. The number of nitrogens with zero attached hydrogens (tertiary/aromatic N) is 5. The molecule has 1 aliphatic heterocycles. The lowest BCUT2D eigenvalue weighted by Crippen LogP contribution is -2.39. The topological polar surface area (TPSA) is 76.1 Å². The van der Waals surface area contributed by atoms with E-state index in [9.17, 15) is 0 Å². The normalized spacial score (nSPS) is 16.8. The molecule has 0 spiro atoms. The zero-order valence-electron chi connectivity index (χ0n) is 16.4. The predicted molar refractivity (Wildman–Crippen MR) is 109 cm³/mol. The van der Waals surface area contributed by atoms with Crippen molar-refractivity contribution in [2.24, 2.45) is 0 Å². The van der Waals surface area contributed by atoms with E-state index in [2.05, 4.69) is 25.2 Å². The van der Waals surface area contributed by atoms with Gasteiger partial charge in [-0.2, -0.15) is 0 Å². The second-order valence-electron chi connectivity index (χ2n) is 6.99. The maximum absolute atomic E-state index is 6.00. The van der Waals surface area contributed by atoms with Crippen LogP contribution in [-0.4, -0.2) is 39.6 Å². The highest BCUT2D eigenvalue weighted by Gasteiger charge is 2.25. The first-order valence-electron chi connectivity index (χ1n) is 9.43. The Hall–Kier alpha value is -3.06. The van der Waals surface area contributed by atoms with Crippen molar-refractivity contribution in [1.82, 2.24) is 19.9 Å². The van der Waals surface area contributed by atoms with Crippen molar-refractivity contribution in [3.05, 3.63) is 65.2 Å². The van der Waals surface area contributed by atoms with Gasteiger partial charge in [-0.05, 0) is 51.1 Å². The fourth-order valence-electron chi connectivity index (χ4n) is 3.30. The molecule has 0 amide bonds. The molecule has 1 N–H and O–H groups in total. The maximum atomic E-state index is 6.00. The van der Waals surface area contributed by atoms with Crippen LogP contribution < -0.4 is 10.2 Å². The quantitative estimate of drug-likeness (QED) is 0.747. The van der Waals surface area contributed by atoms with Gasteiger partial charge in [0.25, 0.3) is 0 Å². The first-order chi connectivity index (χ1) is 13.6. The van der Waals surface area contributed by atoms with Gasteiger partial charge in [-0.25, -0.2) is 19.9 Å². The molecule has 0 radical (unpaired) electrons. The lowest BCUT2D eigenvalue weighted by molar-refractivity contribution is 0.0365. The number of hydrogen-bond acceptors (Lipinski definition) is 7. The molecule has 0 saturated carbocycles. The fraction of sp³-hybridized carbons (Fsp3) is 0.333. The van der Waals surface area contributed by atoms with E-state index in [0.717, 1.165) is 46.9 Å². The smallest absolute Gasteiger partial charge is 0.225 e. The van der Waals surface area contributed by atoms with Crippen molar-refractivity contribution in [2.75, 3.05) is 29.9 Å². The highest BCUT2D eigenvalue weighted by atomic mass is 16.5. The first-order valence-corrected chi connectivity index (χ1v) is 9.43. The Kier molecular flexibility index (Phi) is 5.16. The van der Waals surface area contributed by atoms with Crippen molar-refractivity contribution >= 4 is 17.6 Å². The average molecular weight is 376 g/mol. The van der Waals surface area contributed by atoms with Crippen LogP contribution in [0, 0.1) is 20.8 Å². The van der Waals surface area contributed by atoms with Gasteiger partial charge in [0.2, 0.25) is 5.95 Å². The molecule has 3 aromatic rings. The van der Waals surface area contributed by atoms with Crippen LogP contribution in [0.3, 0.4) is 0 Å². The van der Waals surface area contributed by atoms with Crippen LogP contribution in [0.5, 0.6) is 0 Å². The Morgan fingerprint density at radius 3 is 2.36 bits per heavy atom. The summed E-state index contributed by atoms with van der Waals surface area (Å²) in [4.78, 5) is 20.5. The van der Waals surface area contributed by atoms with Crippen molar-refractivity contribution < 1.29 is 4.74 Å². The Labute approximate surface area is 164 Å². The number of nitrogens with one attached hydrogen (secondary N) is 1. The summed E-state index contributed by atoms with van der Waals surface area (Å²) in [7, 11) is 0. The molecule has 1 atom stereocenters. The summed E-state index contributed by atoms with van der Waals surface area (Å²) in [5.74, 6) is 2.28. The number of anilines is 3. The van der Waals surface area contributed by atoms with Gasteiger partial charge in [0.05, 0.1) is 18.8 Å². The minimum atomic E-state index is -0.134. The fourth-order valence-corrected chi connectivity index (χ4v) is 3.30. The second kappa shape index (κ2) is 7.90. The largest absolute Gasteiger partial charge is 0.368 e. The van der Waals surface area contributed by atoms with Gasteiger partial charge in [0.15, 0.2) is 0 Å². The van der Waals surface area contributed by atoms with Crippen molar-refractivity contribution in [2.45, 2.75) is 26.9 Å². The molecule has 1 saturated heterocycles. The van der Waals surface area contributed by atoms with Gasteiger partial charge >= 0.3 is 0 Å². The number of rotatable bonds is 4. The third-order valence-electron chi connectivity index (χ3n) is 4.56. The highest BCUT2D eigenvalue weighted by molar-refractivity contribution is 5.52. The lowest BCUT2D eigenvalue weighted by Gasteiger charge is -2.33. The summed E-state index contributed by atoms with van der Waals surface area (Å²) >= 11 is 0. The number of aryl methyl sites for hydroxylation is 3. The zero-order chi connectivity index (χ0) is 19.5. The van der Waals surface area contributed by atoms with Crippen molar-refractivity contribution in [3.63, 3.8) is 0 Å². The maximum Gasteiger partial charge on any atom is 0.225 e. The summed E-state index contributed by atoms with van der Waals surface area (Å²) in [6.45, 7) is 8.00. The predicted octanol–water partition coefficient (Wildman–Crippen LogP) is 3.51. The highest BCUT2D eigenvalue weighted by Crippen LogP contribution is 2.25. The van der Waals surface area contributed by atoms with E-state index in [1.807, 2.05) is 63.2 Å². The monoisotopic (exact) mass is 376 g/mol. The number of pyridine rings is 2. The molecule has 4 heterocycles. The third-order valence-corrected chi connectivity index (χ3v) is 4.56. The van der Waals surface area contributed by atoms with Crippen LogP contribution in [0.15, 0.2) is 42.5 Å².